The second-order valence-electron chi connectivity index (χ2n) is 8.32. The molecule has 1 heterocycles. The van der Waals surface area contributed by atoms with Gasteiger partial charge in [0.25, 0.3) is 0 Å². The van der Waals surface area contributed by atoms with Crippen LogP contribution in [-0.2, 0) is 24.2 Å². The fourth-order valence-electron chi connectivity index (χ4n) is 4.02. The molecule has 4 rings (SSSR count). The van der Waals surface area contributed by atoms with Crippen molar-refractivity contribution in [1.82, 2.24) is 4.98 Å². The van der Waals surface area contributed by atoms with Crippen molar-refractivity contribution in [3.05, 3.63) is 101 Å². The molecule has 0 bridgehead atoms. The average Bonchev–Trinajstić information content (AvgIpc) is 2.83. The number of pyridine rings is 1. The van der Waals surface area contributed by atoms with Crippen molar-refractivity contribution in [3.63, 3.8) is 0 Å². The van der Waals surface area contributed by atoms with E-state index in [-0.39, 0.29) is 6.42 Å². The molecule has 0 atom stereocenters. The van der Waals surface area contributed by atoms with Crippen LogP contribution in [0.3, 0.4) is 0 Å². The van der Waals surface area contributed by atoms with Gasteiger partial charge in [0.05, 0.1) is 12.1 Å². The molecule has 0 fully saturated rings. The van der Waals surface area contributed by atoms with Gasteiger partial charge in [-0.15, -0.1) is 0 Å². The van der Waals surface area contributed by atoms with E-state index in [9.17, 15) is 9.90 Å². The highest BCUT2D eigenvalue weighted by atomic mass is 16.5. The van der Waals surface area contributed by atoms with E-state index in [4.69, 9.17) is 10.5 Å². The summed E-state index contributed by atoms with van der Waals surface area (Å²) in [7, 11) is 0. The van der Waals surface area contributed by atoms with Gasteiger partial charge in [0.1, 0.15) is 5.75 Å². The molecule has 34 heavy (non-hydrogen) atoms. The first-order valence-electron chi connectivity index (χ1n) is 11.3. The van der Waals surface area contributed by atoms with Crippen molar-refractivity contribution in [1.29, 1.82) is 0 Å². The number of nitrogens with zero attached hydrogens (tertiary/aromatic N) is 1. The Labute approximate surface area is 199 Å². The molecule has 0 saturated heterocycles. The lowest BCUT2D eigenvalue weighted by atomic mass is 9.97. The van der Waals surface area contributed by atoms with Gasteiger partial charge in [-0.05, 0) is 71.0 Å². The van der Waals surface area contributed by atoms with Gasteiger partial charge in [-0.25, -0.2) is 4.98 Å². The number of benzene rings is 3. The maximum atomic E-state index is 11.4. The molecular weight excluding hydrogens is 424 g/mol. The standard InChI is InChI=1S/C29H28N2O3/c1-3-20-10-11-26(24(14-20)17-29(32)33)27-8-5-9-28(31-27)34-25-13-19(2)12-23(16-25)22-7-4-6-21(15-22)18-30/h4-16H,3,17-18,30H2,1-2H3,(H,32,33). The summed E-state index contributed by atoms with van der Waals surface area (Å²) >= 11 is 0. The zero-order valence-corrected chi connectivity index (χ0v) is 19.4. The summed E-state index contributed by atoms with van der Waals surface area (Å²) in [4.78, 5) is 16.1. The highest BCUT2D eigenvalue weighted by Crippen LogP contribution is 2.31. The molecule has 0 spiro atoms. The van der Waals surface area contributed by atoms with Crippen LogP contribution in [0.25, 0.3) is 22.4 Å². The number of rotatable bonds is 8. The summed E-state index contributed by atoms with van der Waals surface area (Å²) in [6.45, 7) is 4.57. The molecule has 0 aliphatic carbocycles. The molecule has 3 N–H and O–H groups in total. The van der Waals surface area contributed by atoms with Gasteiger partial charge < -0.3 is 15.6 Å². The van der Waals surface area contributed by atoms with E-state index in [1.165, 1.54) is 0 Å². The number of carbonyl (C=O) groups is 1. The van der Waals surface area contributed by atoms with E-state index in [1.807, 2.05) is 61.5 Å². The minimum absolute atomic E-state index is 0.0565. The molecule has 5 nitrogen and oxygen atoms in total. The molecular formula is C29H28N2O3. The van der Waals surface area contributed by atoms with E-state index in [1.54, 1.807) is 6.07 Å². The number of carboxylic acids is 1. The summed E-state index contributed by atoms with van der Waals surface area (Å²) < 4.78 is 6.15. The van der Waals surface area contributed by atoms with E-state index < -0.39 is 5.97 Å². The minimum Gasteiger partial charge on any atom is -0.481 e. The van der Waals surface area contributed by atoms with Crippen LogP contribution in [0.15, 0.2) is 78.9 Å². The molecule has 0 amide bonds. The van der Waals surface area contributed by atoms with Crippen LogP contribution in [-0.4, -0.2) is 16.1 Å². The molecule has 4 aromatic rings. The highest BCUT2D eigenvalue weighted by Gasteiger charge is 2.12. The Morgan fingerprint density at radius 3 is 2.53 bits per heavy atom. The van der Waals surface area contributed by atoms with Crippen LogP contribution in [0.2, 0.25) is 0 Å². The van der Waals surface area contributed by atoms with Crippen LogP contribution >= 0.6 is 0 Å². The SMILES string of the molecule is CCc1ccc(-c2cccc(Oc3cc(C)cc(-c4cccc(CN)c4)c3)n2)c(CC(=O)O)c1. The zero-order chi connectivity index (χ0) is 24.1. The number of ether oxygens (including phenoxy) is 1. The van der Waals surface area contributed by atoms with Crippen molar-refractivity contribution in [3.8, 4) is 34.0 Å². The van der Waals surface area contributed by atoms with E-state index in [0.717, 1.165) is 45.4 Å². The van der Waals surface area contributed by atoms with Crippen LogP contribution < -0.4 is 10.5 Å². The highest BCUT2D eigenvalue weighted by molar-refractivity contribution is 5.76. The fraction of sp³-hybridized carbons (Fsp3) is 0.172. The number of aliphatic carboxylic acids is 1. The van der Waals surface area contributed by atoms with Crippen LogP contribution in [0.1, 0.15) is 29.2 Å². The summed E-state index contributed by atoms with van der Waals surface area (Å²) in [5, 5.41) is 9.38. The summed E-state index contributed by atoms with van der Waals surface area (Å²) in [5.74, 6) is 0.267. The first-order valence-corrected chi connectivity index (χ1v) is 11.3. The number of aromatic nitrogens is 1. The Balaban J connectivity index is 1.66. The lowest BCUT2D eigenvalue weighted by Gasteiger charge is -2.13. The first kappa shape index (κ1) is 23.2. The molecule has 1 aromatic heterocycles. The monoisotopic (exact) mass is 452 g/mol. The lowest BCUT2D eigenvalue weighted by Crippen LogP contribution is -2.03. The number of hydrogen-bond acceptors (Lipinski definition) is 4. The summed E-state index contributed by atoms with van der Waals surface area (Å²) in [6.07, 6.45) is 0.784. The third-order valence-corrected chi connectivity index (χ3v) is 5.69. The second-order valence-corrected chi connectivity index (χ2v) is 8.32. The first-order chi connectivity index (χ1) is 16.4. The molecule has 3 aromatic carbocycles. The van der Waals surface area contributed by atoms with Crippen LogP contribution in [0.5, 0.6) is 11.6 Å². The summed E-state index contributed by atoms with van der Waals surface area (Å²) in [6, 6.07) is 25.7. The fourth-order valence-corrected chi connectivity index (χ4v) is 4.02. The maximum absolute atomic E-state index is 11.4. The smallest absolute Gasteiger partial charge is 0.307 e. The Hall–Kier alpha value is -3.96. The number of aryl methyl sites for hydroxylation is 2. The van der Waals surface area contributed by atoms with Gasteiger partial charge in [-0.2, -0.15) is 0 Å². The topological polar surface area (TPSA) is 85.4 Å². The lowest BCUT2D eigenvalue weighted by molar-refractivity contribution is -0.136. The molecule has 0 saturated carbocycles. The molecule has 0 aliphatic heterocycles. The van der Waals surface area contributed by atoms with Crippen molar-refractivity contribution in [2.45, 2.75) is 33.2 Å². The molecule has 172 valence electrons. The average molecular weight is 453 g/mol. The van der Waals surface area contributed by atoms with Crippen LogP contribution in [0, 0.1) is 6.92 Å². The van der Waals surface area contributed by atoms with Gasteiger partial charge in [0, 0.05) is 18.2 Å². The van der Waals surface area contributed by atoms with E-state index in [0.29, 0.717) is 23.9 Å². The predicted octanol–water partition coefficient (Wildman–Crippen LogP) is 6.16. The maximum Gasteiger partial charge on any atom is 0.307 e. The van der Waals surface area contributed by atoms with E-state index >= 15 is 0 Å². The number of nitrogens with two attached hydrogens (primary N) is 1. The Bertz CT molecular complexity index is 1330. The third-order valence-electron chi connectivity index (χ3n) is 5.69. The van der Waals surface area contributed by atoms with Gasteiger partial charge in [0.2, 0.25) is 5.88 Å². The molecule has 5 heteroatoms. The quantitative estimate of drug-likeness (QED) is 0.334. The number of hydrogen-bond donors (Lipinski definition) is 2. The Morgan fingerprint density at radius 1 is 0.941 bits per heavy atom. The Kier molecular flexibility index (Phi) is 7.04. The van der Waals surface area contributed by atoms with Crippen LogP contribution in [0.4, 0.5) is 0 Å². The van der Waals surface area contributed by atoms with Crippen molar-refractivity contribution in [2.24, 2.45) is 5.73 Å². The predicted molar refractivity (Wildman–Crippen MR) is 135 cm³/mol. The zero-order valence-electron chi connectivity index (χ0n) is 19.4. The van der Waals surface area contributed by atoms with Gasteiger partial charge in [-0.1, -0.05) is 55.5 Å². The normalized spacial score (nSPS) is 10.8. The van der Waals surface area contributed by atoms with Gasteiger partial charge in [-0.3, -0.25) is 4.79 Å². The largest absolute Gasteiger partial charge is 0.481 e. The van der Waals surface area contributed by atoms with Crippen molar-refractivity contribution >= 4 is 5.97 Å². The van der Waals surface area contributed by atoms with Crippen molar-refractivity contribution in [2.75, 3.05) is 0 Å². The van der Waals surface area contributed by atoms with Gasteiger partial charge >= 0.3 is 5.97 Å². The third kappa shape index (κ3) is 5.50. The second kappa shape index (κ2) is 10.3. The minimum atomic E-state index is -0.868. The Morgan fingerprint density at radius 2 is 1.76 bits per heavy atom. The molecule has 0 aliphatic rings. The van der Waals surface area contributed by atoms with Crippen molar-refractivity contribution < 1.29 is 14.6 Å². The molecule has 0 unspecified atom stereocenters. The summed E-state index contributed by atoms with van der Waals surface area (Å²) in [5.41, 5.74) is 13.4. The van der Waals surface area contributed by atoms with Gasteiger partial charge in [0.15, 0.2) is 0 Å². The molecule has 0 radical (unpaired) electrons. The van der Waals surface area contributed by atoms with E-state index in [2.05, 4.69) is 30.1 Å². The number of carboxylic acid groups (broad SMARTS) is 1.